The Hall–Kier alpha value is -2.44. The highest BCUT2D eigenvalue weighted by Gasteiger charge is 2.12. The molecule has 4 aromatic rings. The van der Waals surface area contributed by atoms with Gasteiger partial charge in [-0.1, -0.05) is 35.1 Å². The van der Waals surface area contributed by atoms with Crippen molar-refractivity contribution < 1.29 is 0 Å². The monoisotopic (exact) mass is 369 g/mol. The van der Waals surface area contributed by atoms with Crippen LogP contribution in [-0.2, 0) is 0 Å². The largest absolute Gasteiger partial charge is 0.359 e. The first-order chi connectivity index (χ1) is 12.1. The van der Waals surface area contributed by atoms with Crippen molar-refractivity contribution in [1.29, 1.82) is 0 Å². The summed E-state index contributed by atoms with van der Waals surface area (Å²) >= 11 is 7.66. The SMILES string of the molecule is CC(C)Nc1ncc(-c2cc(-c3ccc(Cl)cc3)c3nncn3c2)s1. The lowest BCUT2D eigenvalue weighted by atomic mass is 10.0. The van der Waals surface area contributed by atoms with Crippen LogP contribution in [0.4, 0.5) is 5.13 Å². The first-order valence-corrected chi connectivity index (χ1v) is 9.11. The predicted molar refractivity (Wildman–Crippen MR) is 103 cm³/mol. The normalized spacial score (nSPS) is 11.4. The number of hydrogen-bond donors (Lipinski definition) is 1. The zero-order chi connectivity index (χ0) is 17.4. The van der Waals surface area contributed by atoms with E-state index < -0.39 is 0 Å². The Labute approximate surface area is 154 Å². The van der Waals surface area contributed by atoms with Gasteiger partial charge in [-0.15, -0.1) is 10.2 Å². The highest BCUT2D eigenvalue weighted by molar-refractivity contribution is 7.18. The quantitative estimate of drug-likeness (QED) is 0.550. The minimum Gasteiger partial charge on any atom is -0.359 e. The van der Waals surface area contributed by atoms with Gasteiger partial charge >= 0.3 is 0 Å². The van der Waals surface area contributed by atoms with Gasteiger partial charge in [0.1, 0.15) is 6.33 Å². The van der Waals surface area contributed by atoms with Gasteiger partial charge in [0.2, 0.25) is 0 Å². The van der Waals surface area contributed by atoms with Crippen molar-refractivity contribution in [1.82, 2.24) is 19.6 Å². The average Bonchev–Trinajstić information content (AvgIpc) is 3.23. The fraction of sp³-hybridized carbons (Fsp3) is 0.167. The zero-order valence-corrected chi connectivity index (χ0v) is 15.3. The van der Waals surface area contributed by atoms with Crippen LogP contribution in [0.1, 0.15) is 13.8 Å². The van der Waals surface area contributed by atoms with Crippen molar-refractivity contribution in [3.63, 3.8) is 0 Å². The molecule has 25 heavy (non-hydrogen) atoms. The summed E-state index contributed by atoms with van der Waals surface area (Å²) in [5, 5.41) is 13.3. The molecule has 0 radical (unpaired) electrons. The van der Waals surface area contributed by atoms with E-state index in [0.29, 0.717) is 11.1 Å². The number of benzene rings is 1. The Morgan fingerprint density at radius 2 is 1.96 bits per heavy atom. The number of nitrogens with one attached hydrogen (secondary N) is 1. The lowest BCUT2D eigenvalue weighted by Gasteiger charge is -2.07. The lowest BCUT2D eigenvalue weighted by Crippen LogP contribution is -2.08. The van der Waals surface area contributed by atoms with Crippen molar-refractivity contribution in [2.24, 2.45) is 0 Å². The van der Waals surface area contributed by atoms with Crippen molar-refractivity contribution in [2.75, 3.05) is 5.32 Å². The molecule has 7 heteroatoms. The number of nitrogens with zero attached hydrogens (tertiary/aromatic N) is 4. The minimum absolute atomic E-state index is 0.351. The van der Waals surface area contributed by atoms with Crippen LogP contribution >= 0.6 is 22.9 Å². The van der Waals surface area contributed by atoms with Gasteiger partial charge in [-0.25, -0.2) is 4.98 Å². The van der Waals surface area contributed by atoms with Gasteiger partial charge in [-0.2, -0.15) is 0 Å². The van der Waals surface area contributed by atoms with E-state index >= 15 is 0 Å². The molecule has 1 aromatic carbocycles. The summed E-state index contributed by atoms with van der Waals surface area (Å²) in [7, 11) is 0. The summed E-state index contributed by atoms with van der Waals surface area (Å²) in [5.41, 5.74) is 3.95. The molecule has 4 rings (SSSR count). The lowest BCUT2D eigenvalue weighted by molar-refractivity contribution is 0.896. The van der Waals surface area contributed by atoms with Crippen LogP contribution in [0.3, 0.4) is 0 Å². The molecule has 0 aliphatic carbocycles. The molecule has 0 spiro atoms. The van der Waals surface area contributed by atoms with Crippen molar-refractivity contribution in [3.8, 4) is 21.6 Å². The smallest absolute Gasteiger partial charge is 0.183 e. The molecule has 0 amide bonds. The Balaban J connectivity index is 1.83. The maximum atomic E-state index is 6.02. The van der Waals surface area contributed by atoms with Crippen LogP contribution in [0.2, 0.25) is 5.02 Å². The standard InChI is InChI=1S/C18H16ClN5S/c1-11(2)22-18-20-8-16(25-18)13-7-15(12-3-5-14(19)6-4-12)17-23-21-10-24(17)9-13/h3-11H,1-2H3,(H,20,22). The number of fused-ring (bicyclic) bond motifs is 1. The Kier molecular flexibility index (Phi) is 4.15. The van der Waals surface area contributed by atoms with E-state index in [2.05, 4.69) is 40.4 Å². The third-order valence-electron chi connectivity index (χ3n) is 3.75. The van der Waals surface area contributed by atoms with E-state index in [1.54, 1.807) is 17.7 Å². The Morgan fingerprint density at radius 1 is 1.16 bits per heavy atom. The van der Waals surface area contributed by atoms with Crippen LogP contribution in [0.15, 0.2) is 49.1 Å². The van der Waals surface area contributed by atoms with Gasteiger partial charge in [0, 0.05) is 34.6 Å². The summed E-state index contributed by atoms with van der Waals surface area (Å²) in [5.74, 6) is 0. The number of pyridine rings is 1. The van der Waals surface area contributed by atoms with E-state index in [-0.39, 0.29) is 0 Å². The molecule has 0 saturated heterocycles. The predicted octanol–water partition coefficient (Wildman–Crippen LogP) is 4.99. The molecule has 1 N–H and O–H groups in total. The van der Waals surface area contributed by atoms with E-state index in [1.165, 1.54) is 0 Å². The van der Waals surface area contributed by atoms with Crippen molar-refractivity contribution in [3.05, 3.63) is 54.1 Å². The Morgan fingerprint density at radius 3 is 2.72 bits per heavy atom. The molecular formula is C18H16ClN5S. The summed E-state index contributed by atoms with van der Waals surface area (Å²) in [6.45, 7) is 4.20. The summed E-state index contributed by atoms with van der Waals surface area (Å²) in [6, 6.07) is 10.2. The molecule has 0 aliphatic heterocycles. The van der Waals surface area contributed by atoms with Crippen molar-refractivity contribution in [2.45, 2.75) is 19.9 Å². The molecule has 0 fully saturated rings. The molecule has 3 aromatic heterocycles. The number of anilines is 1. The molecule has 0 unspecified atom stereocenters. The van der Waals surface area contributed by atoms with Crippen molar-refractivity contribution >= 4 is 33.7 Å². The second-order valence-corrected chi connectivity index (χ2v) is 7.51. The second kappa shape index (κ2) is 6.46. The first kappa shape index (κ1) is 16.1. The summed E-state index contributed by atoms with van der Waals surface area (Å²) in [4.78, 5) is 5.56. The third-order valence-corrected chi connectivity index (χ3v) is 4.98. The summed E-state index contributed by atoms with van der Waals surface area (Å²) in [6.07, 6.45) is 5.64. The van der Waals surface area contributed by atoms with Crippen LogP contribution < -0.4 is 5.32 Å². The van der Waals surface area contributed by atoms with E-state index in [4.69, 9.17) is 11.6 Å². The highest BCUT2D eigenvalue weighted by atomic mass is 35.5. The van der Waals surface area contributed by atoms with Crippen LogP contribution in [0.5, 0.6) is 0 Å². The van der Waals surface area contributed by atoms with E-state index in [0.717, 1.165) is 32.3 Å². The topological polar surface area (TPSA) is 55.1 Å². The maximum Gasteiger partial charge on any atom is 0.183 e. The second-order valence-electron chi connectivity index (χ2n) is 6.04. The number of aromatic nitrogens is 4. The molecule has 5 nitrogen and oxygen atoms in total. The van der Waals surface area contributed by atoms with Gasteiger partial charge in [0.15, 0.2) is 10.8 Å². The third kappa shape index (κ3) is 3.23. The average molecular weight is 370 g/mol. The van der Waals surface area contributed by atoms with Gasteiger partial charge in [-0.3, -0.25) is 4.40 Å². The highest BCUT2D eigenvalue weighted by Crippen LogP contribution is 2.34. The molecule has 126 valence electrons. The fourth-order valence-electron chi connectivity index (χ4n) is 2.63. The number of halogens is 1. The summed E-state index contributed by atoms with van der Waals surface area (Å²) < 4.78 is 1.94. The molecule has 0 aliphatic rings. The van der Waals surface area contributed by atoms with E-state index in [1.807, 2.05) is 41.1 Å². The molecule has 3 heterocycles. The molecule has 0 atom stereocenters. The zero-order valence-electron chi connectivity index (χ0n) is 13.8. The minimum atomic E-state index is 0.351. The number of thiazole rings is 1. The number of rotatable bonds is 4. The van der Waals surface area contributed by atoms with Gasteiger partial charge < -0.3 is 5.32 Å². The fourth-order valence-corrected chi connectivity index (χ4v) is 3.70. The van der Waals surface area contributed by atoms with Gasteiger partial charge in [0.05, 0.1) is 4.88 Å². The van der Waals surface area contributed by atoms with E-state index in [9.17, 15) is 0 Å². The van der Waals surface area contributed by atoms with Gasteiger partial charge in [-0.05, 0) is 37.6 Å². The van der Waals surface area contributed by atoms with Gasteiger partial charge in [0.25, 0.3) is 0 Å². The Bertz CT molecular complexity index is 1020. The molecular weight excluding hydrogens is 354 g/mol. The van der Waals surface area contributed by atoms with Crippen LogP contribution in [0, 0.1) is 0 Å². The molecule has 0 saturated carbocycles. The maximum absolute atomic E-state index is 6.02. The molecule has 0 bridgehead atoms. The number of hydrogen-bond acceptors (Lipinski definition) is 5. The first-order valence-electron chi connectivity index (χ1n) is 7.92. The van der Waals surface area contributed by atoms with Crippen LogP contribution in [0.25, 0.3) is 27.2 Å². The van der Waals surface area contributed by atoms with Crippen LogP contribution in [-0.4, -0.2) is 25.6 Å².